The van der Waals surface area contributed by atoms with Gasteiger partial charge in [0.2, 0.25) is 5.02 Å². The lowest BCUT2D eigenvalue weighted by Gasteiger charge is -2.37. The van der Waals surface area contributed by atoms with Gasteiger partial charge in [-0.25, -0.2) is 0 Å². The summed E-state index contributed by atoms with van der Waals surface area (Å²) < 4.78 is 26.9. The number of hydrogen-bond acceptors (Lipinski definition) is 4. The molecule has 7 nitrogen and oxygen atoms in total. The van der Waals surface area contributed by atoms with Gasteiger partial charge in [-0.15, -0.1) is 0 Å². The summed E-state index contributed by atoms with van der Waals surface area (Å²) in [6.45, 7) is 0.984. The third kappa shape index (κ3) is 2.09. The van der Waals surface area contributed by atoms with Gasteiger partial charge in [0.25, 0.3) is 0 Å². The molecule has 0 radical (unpaired) electrons. The second-order valence-corrected chi connectivity index (χ2v) is 7.70. The summed E-state index contributed by atoms with van der Waals surface area (Å²) >= 11 is 0. The maximum Gasteiger partial charge on any atom is 0.360 e. The lowest BCUT2D eigenvalue weighted by Crippen LogP contribution is -2.41. The minimum atomic E-state index is -4.79. The molecule has 0 rings (SSSR count). The van der Waals surface area contributed by atoms with Crippen LogP contribution >= 0.6 is 15.2 Å². The van der Waals surface area contributed by atoms with E-state index < -0.39 is 20.2 Å². The Bertz CT molecular complexity index is 299. The van der Waals surface area contributed by atoms with Crippen LogP contribution in [0.25, 0.3) is 0 Å². The van der Waals surface area contributed by atoms with E-state index >= 15 is 0 Å². The molecular weight excluding hydrogens is 232 g/mol. The molecule has 0 saturated carbocycles. The first-order valence-electron chi connectivity index (χ1n) is 3.62. The highest BCUT2D eigenvalue weighted by Crippen LogP contribution is 2.71. The Morgan fingerprint density at radius 3 is 1.64 bits per heavy atom. The van der Waals surface area contributed by atoms with E-state index in [2.05, 4.69) is 4.52 Å². The molecule has 0 saturated heterocycles. The predicted octanol–water partition coefficient (Wildman–Crippen LogP) is 0.231. The molecule has 0 amide bonds. The fourth-order valence-corrected chi connectivity index (χ4v) is 3.79. The molecule has 0 bridgehead atoms. The number of nitrogens with zero attached hydrogens (tertiary/aromatic N) is 1. The molecule has 0 aromatic rings. The highest BCUT2D eigenvalue weighted by molar-refractivity contribution is 7.72. The molecule has 0 aliphatic rings. The van der Waals surface area contributed by atoms with Crippen LogP contribution in [-0.4, -0.2) is 45.8 Å². The molecule has 0 aromatic carbocycles. The lowest BCUT2D eigenvalue weighted by molar-refractivity contribution is 0.208. The SMILES string of the molecule is COP(=O)(O)C(C)(N(C)C)P(=O)(O)O. The average Bonchev–Trinajstić information content (AvgIpc) is 2.00. The molecule has 14 heavy (non-hydrogen) atoms. The van der Waals surface area contributed by atoms with Gasteiger partial charge in [0, 0.05) is 7.11 Å². The third-order valence-electron chi connectivity index (χ3n) is 2.18. The Morgan fingerprint density at radius 2 is 1.57 bits per heavy atom. The zero-order valence-electron chi connectivity index (χ0n) is 8.41. The van der Waals surface area contributed by atoms with Crippen LogP contribution in [0.4, 0.5) is 0 Å². The first-order valence-corrected chi connectivity index (χ1v) is 6.81. The van der Waals surface area contributed by atoms with Gasteiger partial charge in [-0.3, -0.25) is 14.0 Å². The van der Waals surface area contributed by atoms with E-state index in [-0.39, 0.29) is 0 Å². The largest absolute Gasteiger partial charge is 0.360 e. The van der Waals surface area contributed by atoms with Crippen molar-refractivity contribution < 1.29 is 28.3 Å². The van der Waals surface area contributed by atoms with Crippen LogP contribution in [0.1, 0.15) is 6.92 Å². The van der Waals surface area contributed by atoms with Crippen molar-refractivity contribution in [3.63, 3.8) is 0 Å². The van der Waals surface area contributed by atoms with Crippen molar-refractivity contribution in [2.45, 2.75) is 11.9 Å². The van der Waals surface area contributed by atoms with Gasteiger partial charge < -0.3 is 19.2 Å². The Morgan fingerprint density at radius 1 is 1.21 bits per heavy atom. The first-order chi connectivity index (χ1) is 6.00. The third-order valence-corrected chi connectivity index (χ3v) is 7.19. The summed E-state index contributed by atoms with van der Waals surface area (Å²) in [4.78, 5) is 28.4. The second kappa shape index (κ2) is 4.02. The quantitative estimate of drug-likeness (QED) is 0.610. The Balaban J connectivity index is 5.58. The van der Waals surface area contributed by atoms with Gasteiger partial charge in [0.1, 0.15) is 0 Å². The Kier molecular flexibility index (Phi) is 4.10. The monoisotopic (exact) mass is 247 g/mol. The minimum Gasteiger partial charge on any atom is -0.323 e. The minimum absolute atomic E-state index is 0.929. The molecule has 0 aromatic heterocycles. The summed E-state index contributed by atoms with van der Waals surface area (Å²) in [5.41, 5.74) is 0. The summed E-state index contributed by atoms with van der Waals surface area (Å²) in [5.74, 6) is 0. The highest BCUT2D eigenvalue weighted by Gasteiger charge is 2.59. The maximum atomic E-state index is 11.5. The fraction of sp³-hybridized carbons (Fsp3) is 1.00. The fourth-order valence-electron chi connectivity index (χ4n) is 0.851. The summed E-state index contributed by atoms with van der Waals surface area (Å²) in [7, 11) is -5.69. The van der Waals surface area contributed by atoms with Crippen LogP contribution in [0, 0.1) is 0 Å². The van der Waals surface area contributed by atoms with Crippen molar-refractivity contribution in [1.29, 1.82) is 0 Å². The van der Waals surface area contributed by atoms with E-state index in [1.165, 1.54) is 14.1 Å². The van der Waals surface area contributed by atoms with E-state index in [0.717, 1.165) is 18.9 Å². The zero-order valence-corrected chi connectivity index (χ0v) is 10.2. The van der Waals surface area contributed by atoms with Crippen molar-refractivity contribution in [3.8, 4) is 0 Å². The first kappa shape index (κ1) is 14.3. The van der Waals surface area contributed by atoms with E-state index in [4.69, 9.17) is 9.79 Å². The Hall–Kier alpha value is 0.260. The molecule has 0 fully saturated rings. The molecule has 0 heterocycles. The molecule has 0 spiro atoms. The Labute approximate surface area is 82.4 Å². The van der Waals surface area contributed by atoms with Crippen LogP contribution in [0.2, 0.25) is 0 Å². The van der Waals surface area contributed by atoms with Crippen LogP contribution in [-0.2, 0) is 13.7 Å². The van der Waals surface area contributed by atoms with E-state index in [1.54, 1.807) is 0 Å². The van der Waals surface area contributed by atoms with Crippen LogP contribution in [0.5, 0.6) is 0 Å². The van der Waals surface area contributed by atoms with Crippen molar-refractivity contribution in [2.75, 3.05) is 21.2 Å². The molecule has 2 unspecified atom stereocenters. The standard InChI is InChI=1S/C5H15NO6P2/c1-5(6(2)3,13(7,8)9)14(10,11)12-4/h1-4H3,(H,10,11)(H2,7,8,9). The lowest BCUT2D eigenvalue weighted by atomic mass is 10.6. The van der Waals surface area contributed by atoms with Gasteiger partial charge in [0.15, 0.2) is 0 Å². The normalized spacial score (nSPS) is 21.7. The smallest absolute Gasteiger partial charge is 0.323 e. The number of hydrogen-bond donors (Lipinski definition) is 3. The summed E-state index contributed by atoms with van der Waals surface area (Å²) in [5, 5.41) is -2.23. The predicted molar refractivity (Wildman–Crippen MR) is 51.0 cm³/mol. The summed E-state index contributed by atoms with van der Waals surface area (Å²) in [6.07, 6.45) is 0. The molecule has 2 atom stereocenters. The van der Waals surface area contributed by atoms with Gasteiger partial charge in [-0.2, -0.15) is 0 Å². The molecule has 86 valence electrons. The second-order valence-electron chi connectivity index (χ2n) is 3.11. The van der Waals surface area contributed by atoms with Gasteiger partial charge in [-0.1, -0.05) is 0 Å². The van der Waals surface area contributed by atoms with E-state index in [9.17, 15) is 14.0 Å². The maximum absolute atomic E-state index is 11.5. The summed E-state index contributed by atoms with van der Waals surface area (Å²) in [6, 6.07) is 0. The molecular formula is C5H15NO6P2. The van der Waals surface area contributed by atoms with E-state index in [0.29, 0.717) is 0 Å². The zero-order chi connectivity index (χ0) is 11.8. The van der Waals surface area contributed by atoms with Gasteiger partial charge in [0.05, 0.1) is 0 Å². The van der Waals surface area contributed by atoms with Gasteiger partial charge in [-0.05, 0) is 21.0 Å². The van der Waals surface area contributed by atoms with Crippen molar-refractivity contribution in [1.82, 2.24) is 4.90 Å². The van der Waals surface area contributed by atoms with Crippen LogP contribution in [0.15, 0.2) is 0 Å². The average molecular weight is 247 g/mol. The molecule has 3 N–H and O–H groups in total. The number of rotatable bonds is 4. The van der Waals surface area contributed by atoms with Crippen LogP contribution in [0.3, 0.4) is 0 Å². The van der Waals surface area contributed by atoms with Crippen molar-refractivity contribution in [2.24, 2.45) is 0 Å². The topological polar surface area (TPSA) is 107 Å². The van der Waals surface area contributed by atoms with Crippen molar-refractivity contribution in [3.05, 3.63) is 0 Å². The molecule has 0 aliphatic heterocycles. The van der Waals surface area contributed by atoms with Gasteiger partial charge >= 0.3 is 15.2 Å². The van der Waals surface area contributed by atoms with E-state index in [1.807, 2.05) is 0 Å². The van der Waals surface area contributed by atoms with Crippen LogP contribution < -0.4 is 0 Å². The van der Waals surface area contributed by atoms with Crippen molar-refractivity contribution >= 4 is 15.2 Å². The highest BCUT2D eigenvalue weighted by atomic mass is 31.2. The molecule has 9 heteroatoms. The molecule has 0 aliphatic carbocycles.